The van der Waals surface area contributed by atoms with Gasteiger partial charge in [0.15, 0.2) is 0 Å². The Morgan fingerprint density at radius 1 is 1.26 bits per heavy atom. The van der Waals surface area contributed by atoms with Crippen LogP contribution < -0.4 is 5.32 Å². The quantitative estimate of drug-likeness (QED) is 0.797. The second-order valence-corrected chi connectivity index (χ2v) is 5.70. The van der Waals surface area contributed by atoms with Gasteiger partial charge in [-0.05, 0) is 58.2 Å². The van der Waals surface area contributed by atoms with Crippen LogP contribution in [0, 0.1) is 0 Å². The van der Waals surface area contributed by atoms with E-state index < -0.39 is 0 Å². The largest absolute Gasteiger partial charge is 0.322 e. The predicted octanol–water partition coefficient (Wildman–Crippen LogP) is 4.42. The molecule has 0 bridgehead atoms. The third-order valence-corrected chi connectivity index (χ3v) is 3.61. The van der Waals surface area contributed by atoms with E-state index in [9.17, 15) is 4.79 Å². The molecule has 0 radical (unpaired) electrons. The van der Waals surface area contributed by atoms with E-state index in [1.807, 2.05) is 18.2 Å². The van der Waals surface area contributed by atoms with Crippen LogP contribution in [-0.4, -0.2) is 10.9 Å². The van der Waals surface area contributed by atoms with Crippen molar-refractivity contribution in [1.29, 1.82) is 0 Å². The Balaban J connectivity index is 2.24. The van der Waals surface area contributed by atoms with Crippen molar-refractivity contribution in [2.45, 2.75) is 13.3 Å². The molecule has 3 nitrogen and oxygen atoms in total. The van der Waals surface area contributed by atoms with E-state index in [1.165, 1.54) is 0 Å². The molecular formula is C14H12Br2N2O. The van der Waals surface area contributed by atoms with Gasteiger partial charge in [-0.15, -0.1) is 0 Å². The minimum atomic E-state index is -0.139. The number of hydrogen-bond donors (Lipinski definition) is 1. The Bertz CT molecular complexity index is 614. The van der Waals surface area contributed by atoms with Gasteiger partial charge in [-0.2, -0.15) is 0 Å². The molecule has 1 amide bonds. The maximum atomic E-state index is 12.1. The molecule has 0 aliphatic rings. The van der Waals surface area contributed by atoms with Gasteiger partial charge >= 0.3 is 0 Å². The smallest absolute Gasteiger partial charge is 0.255 e. The van der Waals surface area contributed by atoms with Crippen LogP contribution in [0.3, 0.4) is 0 Å². The van der Waals surface area contributed by atoms with E-state index in [2.05, 4.69) is 49.1 Å². The average Bonchev–Trinajstić information content (AvgIpc) is 2.40. The molecule has 1 N–H and O–H groups in total. The van der Waals surface area contributed by atoms with Crippen molar-refractivity contribution in [2.24, 2.45) is 0 Å². The normalized spacial score (nSPS) is 10.3. The first-order valence-corrected chi connectivity index (χ1v) is 7.40. The number of nitrogens with one attached hydrogen (secondary N) is 1. The first-order chi connectivity index (χ1) is 9.10. The second-order valence-electron chi connectivity index (χ2n) is 3.98. The number of aryl methyl sites for hydroxylation is 1. The van der Waals surface area contributed by atoms with Crippen molar-refractivity contribution in [3.05, 3.63) is 56.7 Å². The maximum Gasteiger partial charge on any atom is 0.255 e. The minimum absolute atomic E-state index is 0.139. The van der Waals surface area contributed by atoms with Crippen molar-refractivity contribution in [2.75, 3.05) is 5.32 Å². The van der Waals surface area contributed by atoms with Crippen molar-refractivity contribution in [1.82, 2.24) is 4.98 Å². The first-order valence-electron chi connectivity index (χ1n) is 5.81. The number of halogens is 2. The van der Waals surface area contributed by atoms with Crippen LogP contribution in [-0.2, 0) is 6.42 Å². The summed E-state index contributed by atoms with van der Waals surface area (Å²) in [6.07, 6.45) is 2.45. The number of carbonyl (C=O) groups is 1. The van der Waals surface area contributed by atoms with Crippen LogP contribution in [0.2, 0.25) is 0 Å². The number of nitrogens with zero attached hydrogens (tertiary/aromatic N) is 1. The summed E-state index contributed by atoms with van der Waals surface area (Å²) in [7, 11) is 0. The Morgan fingerprint density at radius 3 is 2.74 bits per heavy atom. The summed E-state index contributed by atoms with van der Waals surface area (Å²) in [4.78, 5) is 16.2. The Labute approximate surface area is 128 Å². The van der Waals surface area contributed by atoms with E-state index in [1.54, 1.807) is 18.3 Å². The average molecular weight is 384 g/mol. The zero-order chi connectivity index (χ0) is 13.8. The Morgan fingerprint density at radius 2 is 2.05 bits per heavy atom. The monoisotopic (exact) mass is 382 g/mol. The van der Waals surface area contributed by atoms with Crippen molar-refractivity contribution < 1.29 is 4.79 Å². The predicted molar refractivity (Wildman–Crippen MR) is 83.4 cm³/mol. The molecule has 1 aromatic heterocycles. The molecule has 0 unspecified atom stereocenters. The van der Waals surface area contributed by atoms with Gasteiger partial charge in [0.2, 0.25) is 0 Å². The molecule has 5 heteroatoms. The highest BCUT2D eigenvalue weighted by molar-refractivity contribution is 9.10. The molecule has 2 aromatic rings. The second kappa shape index (κ2) is 6.30. The third kappa shape index (κ3) is 3.64. The molecule has 1 aromatic carbocycles. The van der Waals surface area contributed by atoms with Gasteiger partial charge in [0, 0.05) is 21.9 Å². The summed E-state index contributed by atoms with van der Waals surface area (Å²) >= 11 is 6.69. The van der Waals surface area contributed by atoms with E-state index in [0.717, 1.165) is 22.1 Å². The van der Waals surface area contributed by atoms with Gasteiger partial charge < -0.3 is 5.32 Å². The number of carbonyl (C=O) groups excluding carboxylic acids is 1. The fourth-order valence-electron chi connectivity index (χ4n) is 1.71. The van der Waals surface area contributed by atoms with Crippen molar-refractivity contribution in [3.8, 4) is 0 Å². The van der Waals surface area contributed by atoms with E-state index >= 15 is 0 Å². The van der Waals surface area contributed by atoms with Gasteiger partial charge in [-0.25, -0.2) is 4.98 Å². The molecule has 0 aliphatic heterocycles. The van der Waals surface area contributed by atoms with E-state index in [4.69, 9.17) is 0 Å². The van der Waals surface area contributed by atoms with Crippen LogP contribution in [0.15, 0.2) is 45.6 Å². The number of anilines is 1. The molecule has 0 fully saturated rings. The maximum absolute atomic E-state index is 12.1. The lowest BCUT2D eigenvalue weighted by Gasteiger charge is -2.10. The molecule has 0 saturated heterocycles. The number of hydrogen-bond acceptors (Lipinski definition) is 2. The number of benzene rings is 1. The SMILES string of the molecule is CCc1cc(Br)ccc1NC(=O)c1ccnc(Br)c1. The van der Waals surface area contributed by atoms with Gasteiger partial charge in [0.05, 0.1) is 0 Å². The Kier molecular flexibility index (Phi) is 4.71. The highest BCUT2D eigenvalue weighted by atomic mass is 79.9. The van der Waals surface area contributed by atoms with Crippen LogP contribution in [0.1, 0.15) is 22.8 Å². The molecular weight excluding hydrogens is 372 g/mol. The van der Waals surface area contributed by atoms with Crippen LogP contribution in [0.4, 0.5) is 5.69 Å². The van der Waals surface area contributed by atoms with Crippen LogP contribution >= 0.6 is 31.9 Å². The number of pyridine rings is 1. The molecule has 1 heterocycles. The van der Waals surface area contributed by atoms with Crippen LogP contribution in [0.25, 0.3) is 0 Å². The van der Waals surface area contributed by atoms with E-state index in [0.29, 0.717) is 10.2 Å². The lowest BCUT2D eigenvalue weighted by molar-refractivity contribution is 0.102. The lowest BCUT2D eigenvalue weighted by atomic mass is 10.1. The number of aromatic nitrogens is 1. The minimum Gasteiger partial charge on any atom is -0.322 e. The highest BCUT2D eigenvalue weighted by Gasteiger charge is 2.09. The molecule has 2 rings (SSSR count). The summed E-state index contributed by atoms with van der Waals surface area (Å²) in [5.74, 6) is -0.139. The zero-order valence-corrected chi connectivity index (χ0v) is 13.5. The summed E-state index contributed by atoms with van der Waals surface area (Å²) in [6.45, 7) is 2.06. The van der Waals surface area contributed by atoms with E-state index in [-0.39, 0.29) is 5.91 Å². The first kappa shape index (κ1) is 14.2. The highest BCUT2D eigenvalue weighted by Crippen LogP contribution is 2.22. The third-order valence-electron chi connectivity index (χ3n) is 2.69. The molecule has 0 atom stereocenters. The molecule has 0 saturated carbocycles. The molecule has 19 heavy (non-hydrogen) atoms. The summed E-state index contributed by atoms with van der Waals surface area (Å²) < 4.78 is 1.65. The van der Waals surface area contributed by atoms with Gasteiger partial charge in [-0.3, -0.25) is 4.79 Å². The number of rotatable bonds is 3. The summed E-state index contributed by atoms with van der Waals surface area (Å²) in [6, 6.07) is 9.21. The van der Waals surface area contributed by atoms with Crippen molar-refractivity contribution in [3.63, 3.8) is 0 Å². The van der Waals surface area contributed by atoms with Crippen molar-refractivity contribution >= 4 is 43.5 Å². The fourth-order valence-corrected chi connectivity index (χ4v) is 2.49. The van der Waals surface area contributed by atoms with Crippen LogP contribution in [0.5, 0.6) is 0 Å². The topological polar surface area (TPSA) is 42.0 Å². The Hall–Kier alpha value is -1.20. The zero-order valence-electron chi connectivity index (χ0n) is 10.3. The molecule has 0 spiro atoms. The van der Waals surface area contributed by atoms with Gasteiger partial charge in [0.1, 0.15) is 4.60 Å². The van der Waals surface area contributed by atoms with Gasteiger partial charge in [0.25, 0.3) is 5.91 Å². The molecule has 0 aliphatic carbocycles. The summed E-state index contributed by atoms with van der Waals surface area (Å²) in [5.41, 5.74) is 2.51. The molecule has 98 valence electrons. The number of amides is 1. The fraction of sp³-hybridized carbons (Fsp3) is 0.143. The standard InChI is InChI=1S/C14H12Br2N2O/c1-2-9-7-11(15)3-4-12(9)18-14(19)10-5-6-17-13(16)8-10/h3-8H,2H2,1H3,(H,18,19). The van der Waals surface area contributed by atoms with Gasteiger partial charge in [-0.1, -0.05) is 22.9 Å². The lowest BCUT2D eigenvalue weighted by Crippen LogP contribution is -2.13. The summed E-state index contributed by atoms with van der Waals surface area (Å²) in [5, 5.41) is 2.92.